The number of aromatic nitrogens is 4. The van der Waals surface area contributed by atoms with Gasteiger partial charge in [0.05, 0.1) is 5.69 Å². The molecule has 0 aliphatic rings. The van der Waals surface area contributed by atoms with Crippen LogP contribution in [0.1, 0.15) is 11.1 Å². The Kier molecular flexibility index (Phi) is 3.93. The molecule has 0 unspecified atom stereocenters. The molecular weight excluding hydrogens is 328 g/mol. The molecule has 6 nitrogen and oxygen atoms in total. The topological polar surface area (TPSA) is 73.8 Å². The first-order valence-electron chi connectivity index (χ1n) is 8.18. The lowest BCUT2D eigenvalue weighted by atomic mass is 10.1. The van der Waals surface area contributed by atoms with E-state index in [1.54, 1.807) is 10.9 Å². The predicted molar refractivity (Wildman–Crippen MR) is 98.0 cm³/mol. The minimum Gasteiger partial charge on any atom is -0.332 e. The van der Waals surface area contributed by atoms with E-state index in [9.17, 15) is 4.79 Å². The third-order valence-corrected chi connectivity index (χ3v) is 4.05. The van der Waals surface area contributed by atoms with Gasteiger partial charge in [0.2, 0.25) is 11.3 Å². The minimum atomic E-state index is -0.271. The fourth-order valence-electron chi connectivity index (χ4n) is 2.54. The zero-order valence-corrected chi connectivity index (χ0v) is 14.4. The lowest BCUT2D eigenvalue weighted by Crippen LogP contribution is -2.12. The Morgan fingerprint density at radius 1 is 0.885 bits per heavy atom. The molecule has 2 aromatic heterocycles. The van der Waals surface area contributed by atoms with Gasteiger partial charge in [-0.05, 0) is 26.0 Å². The van der Waals surface area contributed by atoms with E-state index in [4.69, 9.17) is 4.52 Å². The van der Waals surface area contributed by atoms with E-state index in [0.717, 1.165) is 22.4 Å². The maximum atomic E-state index is 12.2. The molecule has 0 bridgehead atoms. The first kappa shape index (κ1) is 16.0. The molecule has 2 heterocycles. The van der Waals surface area contributed by atoms with Crippen molar-refractivity contribution in [2.24, 2.45) is 0 Å². The van der Waals surface area contributed by atoms with E-state index in [0.29, 0.717) is 5.82 Å². The van der Waals surface area contributed by atoms with E-state index in [1.165, 1.54) is 6.07 Å². The van der Waals surface area contributed by atoms with Crippen LogP contribution >= 0.6 is 0 Å². The standard InChI is InChI=1S/C20H16N4O2/c1-13-3-7-15(8-4-13)19-21-20(26-23-19)18-17(25)11-12-24(22-18)16-9-5-14(2)6-10-16/h3-12H,1-2H3. The molecule has 0 aliphatic heterocycles. The molecule has 0 aliphatic carbocycles. The van der Waals surface area contributed by atoms with Gasteiger partial charge >= 0.3 is 0 Å². The van der Waals surface area contributed by atoms with E-state index < -0.39 is 0 Å². The van der Waals surface area contributed by atoms with Crippen molar-refractivity contribution in [1.29, 1.82) is 0 Å². The summed E-state index contributed by atoms with van der Waals surface area (Å²) in [5.41, 5.74) is 3.81. The highest BCUT2D eigenvalue weighted by Crippen LogP contribution is 2.20. The monoisotopic (exact) mass is 344 g/mol. The fourth-order valence-corrected chi connectivity index (χ4v) is 2.54. The Balaban J connectivity index is 1.74. The van der Waals surface area contributed by atoms with Crippen LogP contribution in [0.25, 0.3) is 28.7 Å². The van der Waals surface area contributed by atoms with Crippen LogP contribution in [0.3, 0.4) is 0 Å². The van der Waals surface area contributed by atoms with Crippen molar-refractivity contribution in [1.82, 2.24) is 19.9 Å². The molecule has 26 heavy (non-hydrogen) atoms. The first-order valence-corrected chi connectivity index (χ1v) is 8.18. The van der Waals surface area contributed by atoms with Gasteiger partial charge in [-0.3, -0.25) is 4.79 Å². The smallest absolute Gasteiger partial charge is 0.282 e. The second kappa shape index (κ2) is 6.40. The van der Waals surface area contributed by atoms with Gasteiger partial charge in [0.25, 0.3) is 5.89 Å². The normalized spacial score (nSPS) is 10.8. The molecule has 0 spiro atoms. The van der Waals surface area contributed by atoms with Gasteiger partial charge in [-0.25, -0.2) is 4.68 Å². The van der Waals surface area contributed by atoms with Crippen LogP contribution < -0.4 is 5.43 Å². The molecular formula is C20H16N4O2. The molecule has 0 amide bonds. The first-order chi connectivity index (χ1) is 12.6. The summed E-state index contributed by atoms with van der Waals surface area (Å²) in [7, 11) is 0. The largest absolute Gasteiger partial charge is 0.332 e. The van der Waals surface area contributed by atoms with Gasteiger partial charge in [-0.2, -0.15) is 10.1 Å². The number of aryl methyl sites for hydroxylation is 2. The van der Waals surface area contributed by atoms with Gasteiger partial charge in [0, 0.05) is 17.8 Å². The molecule has 0 atom stereocenters. The number of benzene rings is 2. The molecule has 0 radical (unpaired) electrons. The maximum absolute atomic E-state index is 12.2. The van der Waals surface area contributed by atoms with Crippen LogP contribution in [0.2, 0.25) is 0 Å². The van der Waals surface area contributed by atoms with Crippen molar-refractivity contribution in [3.63, 3.8) is 0 Å². The SMILES string of the molecule is Cc1ccc(-c2noc(-c3nn(-c4ccc(C)cc4)ccc3=O)n2)cc1. The Morgan fingerprint density at radius 2 is 1.54 bits per heavy atom. The van der Waals surface area contributed by atoms with Crippen molar-refractivity contribution < 1.29 is 4.52 Å². The van der Waals surface area contributed by atoms with Crippen LogP contribution in [-0.2, 0) is 0 Å². The predicted octanol–water partition coefficient (Wildman–Crippen LogP) is 3.57. The molecule has 4 aromatic rings. The summed E-state index contributed by atoms with van der Waals surface area (Å²) in [6.45, 7) is 4.02. The Labute approximate surface area is 149 Å². The number of rotatable bonds is 3. The molecule has 0 saturated carbocycles. The van der Waals surface area contributed by atoms with E-state index in [2.05, 4.69) is 15.2 Å². The molecule has 0 fully saturated rings. The van der Waals surface area contributed by atoms with Gasteiger partial charge in [-0.1, -0.05) is 52.7 Å². The Morgan fingerprint density at radius 3 is 2.23 bits per heavy atom. The molecule has 4 rings (SSSR count). The Bertz CT molecular complexity index is 1110. The quantitative estimate of drug-likeness (QED) is 0.568. The fraction of sp³-hybridized carbons (Fsp3) is 0.100. The highest BCUT2D eigenvalue weighted by molar-refractivity contribution is 5.58. The summed E-state index contributed by atoms with van der Waals surface area (Å²) >= 11 is 0. The van der Waals surface area contributed by atoms with Gasteiger partial charge in [-0.15, -0.1) is 0 Å². The average molecular weight is 344 g/mol. The van der Waals surface area contributed by atoms with E-state index >= 15 is 0 Å². The van der Waals surface area contributed by atoms with E-state index in [1.807, 2.05) is 62.4 Å². The lowest BCUT2D eigenvalue weighted by molar-refractivity contribution is 0.429. The lowest BCUT2D eigenvalue weighted by Gasteiger charge is -2.05. The minimum absolute atomic E-state index is 0.104. The summed E-state index contributed by atoms with van der Waals surface area (Å²) in [4.78, 5) is 16.6. The van der Waals surface area contributed by atoms with Crippen molar-refractivity contribution in [3.05, 3.63) is 82.1 Å². The zero-order valence-electron chi connectivity index (χ0n) is 14.4. The number of hydrogen-bond donors (Lipinski definition) is 0. The molecule has 128 valence electrons. The summed E-state index contributed by atoms with van der Waals surface area (Å²) in [5, 5.41) is 8.34. The van der Waals surface area contributed by atoms with Crippen molar-refractivity contribution in [2.75, 3.05) is 0 Å². The van der Waals surface area contributed by atoms with Gasteiger partial charge < -0.3 is 4.52 Å². The van der Waals surface area contributed by atoms with Crippen LogP contribution in [0.4, 0.5) is 0 Å². The average Bonchev–Trinajstić information content (AvgIpc) is 3.13. The summed E-state index contributed by atoms with van der Waals surface area (Å²) < 4.78 is 6.91. The second-order valence-electron chi connectivity index (χ2n) is 6.10. The number of hydrogen-bond acceptors (Lipinski definition) is 5. The summed E-state index contributed by atoms with van der Waals surface area (Å²) in [6.07, 6.45) is 1.62. The molecule has 0 saturated heterocycles. The van der Waals surface area contributed by atoms with Crippen molar-refractivity contribution in [3.8, 4) is 28.7 Å². The highest BCUT2D eigenvalue weighted by Gasteiger charge is 2.16. The third-order valence-electron chi connectivity index (χ3n) is 4.05. The van der Waals surface area contributed by atoms with Crippen LogP contribution in [-0.4, -0.2) is 19.9 Å². The molecule has 6 heteroatoms. The highest BCUT2D eigenvalue weighted by atomic mass is 16.5. The third kappa shape index (κ3) is 3.04. The summed E-state index contributed by atoms with van der Waals surface area (Å²) in [5.74, 6) is 0.527. The Hall–Kier alpha value is -3.54. The van der Waals surface area contributed by atoms with Crippen molar-refractivity contribution >= 4 is 0 Å². The van der Waals surface area contributed by atoms with Crippen LogP contribution in [0.15, 0.2) is 70.1 Å². The van der Waals surface area contributed by atoms with Crippen LogP contribution in [0, 0.1) is 13.8 Å². The molecule has 2 aromatic carbocycles. The molecule has 0 N–H and O–H groups in total. The van der Waals surface area contributed by atoms with Crippen LogP contribution in [0.5, 0.6) is 0 Å². The van der Waals surface area contributed by atoms with Gasteiger partial charge in [0.15, 0.2) is 5.69 Å². The summed E-state index contributed by atoms with van der Waals surface area (Å²) in [6, 6.07) is 17.0. The second-order valence-corrected chi connectivity index (χ2v) is 6.10. The van der Waals surface area contributed by atoms with E-state index in [-0.39, 0.29) is 17.0 Å². The maximum Gasteiger partial charge on any atom is 0.282 e. The zero-order chi connectivity index (χ0) is 18.1. The van der Waals surface area contributed by atoms with Gasteiger partial charge in [0.1, 0.15) is 0 Å². The van der Waals surface area contributed by atoms with Crippen molar-refractivity contribution in [2.45, 2.75) is 13.8 Å². The number of nitrogens with zero attached hydrogens (tertiary/aromatic N) is 4.